The summed E-state index contributed by atoms with van der Waals surface area (Å²) >= 11 is 0. The second kappa shape index (κ2) is 8.49. The molecule has 1 heterocycles. The number of nitrogens with one attached hydrogen (secondary N) is 2. The average Bonchev–Trinajstić information content (AvgIpc) is 3.57. The first-order valence-electron chi connectivity index (χ1n) is 10.1. The van der Waals surface area contributed by atoms with E-state index in [4.69, 9.17) is 0 Å². The Hall–Kier alpha value is -3.62. The van der Waals surface area contributed by atoms with Gasteiger partial charge in [0.05, 0.1) is 11.3 Å². The molecule has 1 aromatic heterocycles. The minimum atomic E-state index is -4.50. The molecule has 6 nitrogen and oxygen atoms in total. The highest BCUT2D eigenvalue weighted by molar-refractivity contribution is 5.95. The van der Waals surface area contributed by atoms with Crippen molar-refractivity contribution in [1.82, 2.24) is 14.9 Å². The Kier molecular flexibility index (Phi) is 5.73. The maximum Gasteiger partial charge on any atom is 0.416 e. The van der Waals surface area contributed by atoms with Gasteiger partial charge in [-0.15, -0.1) is 0 Å². The number of aromatic nitrogens is 2. The molecular formula is C23H21F3N4O2. The number of hydrogen-bond donors (Lipinski definition) is 2. The Balaban J connectivity index is 1.61. The van der Waals surface area contributed by atoms with E-state index < -0.39 is 17.3 Å². The van der Waals surface area contributed by atoms with Crippen molar-refractivity contribution in [3.05, 3.63) is 87.5 Å². The molecule has 2 aromatic carbocycles. The lowest BCUT2D eigenvalue weighted by Gasteiger charge is -2.15. The molecule has 9 heteroatoms. The minimum Gasteiger partial charge on any atom is -0.361 e. The first-order valence-corrected chi connectivity index (χ1v) is 10.1. The number of alkyl halides is 3. The van der Waals surface area contributed by atoms with Crippen LogP contribution in [0.15, 0.2) is 59.7 Å². The van der Waals surface area contributed by atoms with Crippen LogP contribution >= 0.6 is 0 Å². The third-order valence-electron chi connectivity index (χ3n) is 5.25. The molecule has 3 aromatic rings. The molecule has 0 aliphatic heterocycles. The lowest BCUT2D eigenvalue weighted by molar-refractivity contribution is -0.138. The standard InChI is InChI=1S/C23H21F3N4O2/c1-14-6-7-15(21(31)29-17-8-9-17)12-19(14)30-11-10-27-20(22(30)32)28-13-16-4-2-3-5-18(16)23(24,25)26/h2-7,10-12,17H,8-9,13H2,1H3,(H,27,28)(H,29,31). The van der Waals surface area contributed by atoms with Crippen molar-refractivity contribution in [2.75, 3.05) is 5.32 Å². The molecule has 1 fully saturated rings. The van der Waals surface area contributed by atoms with Gasteiger partial charge in [0.1, 0.15) is 0 Å². The highest BCUT2D eigenvalue weighted by Crippen LogP contribution is 2.32. The minimum absolute atomic E-state index is 0.00604. The largest absolute Gasteiger partial charge is 0.416 e. The molecule has 1 saturated carbocycles. The van der Waals surface area contributed by atoms with Crippen LogP contribution in [0.3, 0.4) is 0 Å². The molecule has 0 atom stereocenters. The molecule has 1 aliphatic rings. The maximum absolute atomic E-state index is 13.2. The van der Waals surface area contributed by atoms with E-state index in [0.717, 1.165) is 24.5 Å². The number of carbonyl (C=O) groups excluding carboxylic acids is 1. The number of aryl methyl sites for hydroxylation is 1. The molecule has 32 heavy (non-hydrogen) atoms. The molecular weight excluding hydrogens is 421 g/mol. The zero-order valence-corrected chi connectivity index (χ0v) is 17.2. The van der Waals surface area contributed by atoms with Gasteiger partial charge < -0.3 is 10.6 Å². The molecule has 0 radical (unpaired) electrons. The Labute approximate surface area is 182 Å². The molecule has 166 valence electrons. The lowest BCUT2D eigenvalue weighted by atomic mass is 10.1. The van der Waals surface area contributed by atoms with E-state index >= 15 is 0 Å². The number of carbonyl (C=O) groups is 1. The fourth-order valence-corrected chi connectivity index (χ4v) is 3.36. The van der Waals surface area contributed by atoms with Crippen LogP contribution in [-0.2, 0) is 12.7 Å². The van der Waals surface area contributed by atoms with Crippen LogP contribution in [0.1, 0.15) is 39.9 Å². The van der Waals surface area contributed by atoms with E-state index in [1.165, 1.54) is 35.2 Å². The fourth-order valence-electron chi connectivity index (χ4n) is 3.36. The topological polar surface area (TPSA) is 76.0 Å². The van der Waals surface area contributed by atoms with Gasteiger partial charge in [-0.2, -0.15) is 13.2 Å². The average molecular weight is 442 g/mol. The second-order valence-electron chi connectivity index (χ2n) is 7.71. The number of nitrogens with zero attached hydrogens (tertiary/aromatic N) is 2. The first kappa shape index (κ1) is 21.6. The summed E-state index contributed by atoms with van der Waals surface area (Å²) in [6.45, 7) is 1.59. The van der Waals surface area contributed by atoms with Gasteiger partial charge in [-0.1, -0.05) is 24.3 Å². The smallest absolute Gasteiger partial charge is 0.361 e. The lowest BCUT2D eigenvalue weighted by Crippen LogP contribution is -2.27. The van der Waals surface area contributed by atoms with Crippen molar-refractivity contribution in [2.24, 2.45) is 0 Å². The quantitative estimate of drug-likeness (QED) is 0.604. The van der Waals surface area contributed by atoms with Gasteiger partial charge in [0.2, 0.25) is 0 Å². The van der Waals surface area contributed by atoms with E-state index in [1.54, 1.807) is 25.1 Å². The van der Waals surface area contributed by atoms with Crippen molar-refractivity contribution in [2.45, 2.75) is 38.5 Å². The van der Waals surface area contributed by atoms with Crippen LogP contribution in [0.5, 0.6) is 0 Å². The van der Waals surface area contributed by atoms with Crippen molar-refractivity contribution < 1.29 is 18.0 Å². The van der Waals surface area contributed by atoms with Gasteiger partial charge in [-0.3, -0.25) is 14.2 Å². The Morgan fingerprint density at radius 1 is 1.19 bits per heavy atom. The highest BCUT2D eigenvalue weighted by Gasteiger charge is 2.32. The first-order chi connectivity index (χ1) is 15.2. The predicted molar refractivity (Wildman–Crippen MR) is 114 cm³/mol. The summed E-state index contributed by atoms with van der Waals surface area (Å²) in [6, 6.07) is 10.4. The number of rotatable bonds is 6. The van der Waals surface area contributed by atoms with E-state index in [9.17, 15) is 22.8 Å². The summed E-state index contributed by atoms with van der Waals surface area (Å²) in [7, 11) is 0. The molecule has 2 N–H and O–H groups in total. The molecule has 0 bridgehead atoms. The summed E-state index contributed by atoms with van der Waals surface area (Å²) in [5.41, 5.74) is 0.393. The summed E-state index contributed by atoms with van der Waals surface area (Å²) < 4.78 is 41.0. The summed E-state index contributed by atoms with van der Waals surface area (Å²) in [6.07, 6.45) is 0.264. The van der Waals surface area contributed by atoms with Crippen molar-refractivity contribution in [1.29, 1.82) is 0 Å². The molecule has 0 spiro atoms. The molecule has 0 unspecified atom stereocenters. The van der Waals surface area contributed by atoms with Crippen molar-refractivity contribution in [3.63, 3.8) is 0 Å². The third kappa shape index (κ3) is 4.66. The van der Waals surface area contributed by atoms with Crippen LogP contribution in [0.25, 0.3) is 5.69 Å². The predicted octanol–water partition coefficient (Wildman–Crippen LogP) is 4.06. The van der Waals surface area contributed by atoms with Gasteiger partial charge in [0, 0.05) is 30.5 Å². The Morgan fingerprint density at radius 3 is 2.66 bits per heavy atom. The molecule has 1 aliphatic carbocycles. The summed E-state index contributed by atoms with van der Waals surface area (Å²) in [5, 5.41) is 5.63. The maximum atomic E-state index is 13.2. The van der Waals surface area contributed by atoms with Gasteiger partial charge in [-0.25, -0.2) is 4.98 Å². The number of amides is 1. The molecule has 1 amide bonds. The number of anilines is 1. The van der Waals surface area contributed by atoms with Gasteiger partial charge >= 0.3 is 6.18 Å². The fraction of sp³-hybridized carbons (Fsp3) is 0.261. The SMILES string of the molecule is Cc1ccc(C(=O)NC2CC2)cc1-n1ccnc(NCc2ccccc2C(F)(F)F)c1=O. The third-order valence-corrected chi connectivity index (χ3v) is 5.25. The molecule has 0 saturated heterocycles. The number of halogens is 3. The van der Waals surface area contributed by atoms with E-state index in [1.807, 2.05) is 0 Å². The van der Waals surface area contributed by atoms with E-state index in [2.05, 4.69) is 15.6 Å². The Morgan fingerprint density at radius 2 is 1.94 bits per heavy atom. The highest BCUT2D eigenvalue weighted by atomic mass is 19.4. The molecule has 4 rings (SSSR count). The second-order valence-corrected chi connectivity index (χ2v) is 7.71. The van der Waals surface area contributed by atoms with Crippen molar-refractivity contribution >= 4 is 11.7 Å². The van der Waals surface area contributed by atoms with Crippen molar-refractivity contribution in [3.8, 4) is 5.69 Å². The monoisotopic (exact) mass is 442 g/mol. The van der Waals surface area contributed by atoms with E-state index in [0.29, 0.717) is 11.3 Å². The zero-order valence-electron chi connectivity index (χ0n) is 17.2. The van der Waals surface area contributed by atoms with Crippen LogP contribution in [0.4, 0.5) is 19.0 Å². The van der Waals surface area contributed by atoms with Gasteiger partial charge in [-0.05, 0) is 49.1 Å². The van der Waals surface area contributed by atoms with Crippen LogP contribution in [0.2, 0.25) is 0 Å². The summed E-state index contributed by atoms with van der Waals surface area (Å²) in [4.78, 5) is 29.4. The van der Waals surface area contributed by atoms with E-state index in [-0.39, 0.29) is 29.9 Å². The number of benzene rings is 2. The van der Waals surface area contributed by atoms with Gasteiger partial charge in [0.25, 0.3) is 11.5 Å². The zero-order chi connectivity index (χ0) is 22.9. The van der Waals surface area contributed by atoms with Crippen LogP contribution in [0, 0.1) is 6.92 Å². The van der Waals surface area contributed by atoms with Crippen LogP contribution in [-0.4, -0.2) is 21.5 Å². The van der Waals surface area contributed by atoms with Gasteiger partial charge in [0.15, 0.2) is 5.82 Å². The Bertz CT molecular complexity index is 1220. The van der Waals surface area contributed by atoms with Crippen LogP contribution < -0.4 is 16.2 Å². The normalized spacial score (nSPS) is 13.6. The number of hydrogen-bond acceptors (Lipinski definition) is 4. The summed E-state index contributed by atoms with van der Waals surface area (Å²) in [5.74, 6) is -0.297.